The molecule has 0 unspecified atom stereocenters. The Labute approximate surface area is 189 Å². The van der Waals surface area contributed by atoms with Crippen molar-refractivity contribution in [2.24, 2.45) is 40.4 Å². The molecule has 5 rings (SSSR count). The minimum absolute atomic E-state index is 0.0883. The van der Waals surface area contributed by atoms with Gasteiger partial charge in [0.15, 0.2) is 5.78 Å². The van der Waals surface area contributed by atoms with Gasteiger partial charge < -0.3 is 14.4 Å². The van der Waals surface area contributed by atoms with E-state index in [0.29, 0.717) is 48.8 Å². The first-order chi connectivity index (χ1) is 15.5. The number of ether oxygens (including phenoxy) is 1. The Balaban J connectivity index is 1.34. The van der Waals surface area contributed by atoms with E-state index in [1.54, 1.807) is 12.5 Å². The van der Waals surface area contributed by atoms with E-state index in [-0.39, 0.29) is 16.7 Å². The van der Waals surface area contributed by atoms with Crippen molar-refractivity contribution in [2.45, 2.75) is 83.8 Å². The molecule has 5 heteroatoms. The molecule has 5 nitrogen and oxygen atoms in total. The number of fused-ring (bicyclic) bond motifs is 5. The van der Waals surface area contributed by atoms with Crippen molar-refractivity contribution in [3.8, 4) is 0 Å². The van der Waals surface area contributed by atoms with Crippen molar-refractivity contribution < 1.29 is 17.4 Å². The number of carbonyl (C=O) groups excluding carboxylic acids is 1. The highest BCUT2D eigenvalue weighted by Crippen LogP contribution is 2.68. The third-order valence-electron chi connectivity index (χ3n) is 10.3. The molecular weight excluding hydrogens is 388 g/mol. The summed E-state index contributed by atoms with van der Waals surface area (Å²) in [6.45, 7) is 3.22. The molecule has 0 bridgehead atoms. The van der Waals surface area contributed by atoms with E-state index in [4.69, 9.17) is 7.48 Å². The zero-order chi connectivity index (χ0) is 23.6. The maximum absolute atomic E-state index is 13.3. The van der Waals surface area contributed by atoms with Gasteiger partial charge in [-0.15, -0.1) is 0 Å². The summed E-state index contributed by atoms with van der Waals surface area (Å²) < 4.78 is 23.4. The number of aromatic nitrogens is 2. The van der Waals surface area contributed by atoms with E-state index < -0.39 is 12.2 Å². The third-order valence-corrected chi connectivity index (χ3v) is 10.3. The highest BCUT2D eigenvalue weighted by molar-refractivity contribution is 5.82. The molecule has 0 saturated heterocycles. The van der Waals surface area contributed by atoms with E-state index in [9.17, 15) is 9.90 Å². The van der Waals surface area contributed by atoms with E-state index >= 15 is 0 Å². The smallest absolute Gasteiger partial charge is 0.156 e. The van der Waals surface area contributed by atoms with E-state index in [0.717, 1.165) is 44.9 Å². The van der Waals surface area contributed by atoms with Crippen LogP contribution < -0.4 is 0 Å². The molecule has 1 aromatic heterocycles. The Morgan fingerprint density at radius 1 is 1.16 bits per heavy atom. The number of Topliss-reactive ketones (excluding diaryl/α,β-unsaturated/α-hetero) is 1. The number of methoxy groups -OCH3 is 1. The summed E-state index contributed by atoms with van der Waals surface area (Å²) in [7, 11) is 1.36. The summed E-state index contributed by atoms with van der Waals surface area (Å²) in [6.07, 6.45) is 13.7. The molecular formula is C26H40N2O3. The molecule has 4 aliphatic carbocycles. The highest BCUT2D eigenvalue weighted by Gasteiger charge is 2.62. The predicted molar refractivity (Wildman–Crippen MR) is 119 cm³/mol. The third kappa shape index (κ3) is 3.42. The van der Waals surface area contributed by atoms with Crippen molar-refractivity contribution in [2.75, 3.05) is 13.7 Å². The minimum Gasteiger partial charge on any atom is -0.387 e. The molecule has 172 valence electrons. The summed E-state index contributed by atoms with van der Waals surface area (Å²) in [5.41, 5.74) is -1.18. The van der Waals surface area contributed by atoms with E-state index in [1.807, 2.05) is 10.8 Å². The summed E-state index contributed by atoms with van der Waals surface area (Å²) in [4.78, 5) is 17.4. The Bertz CT molecular complexity index is 892. The Morgan fingerprint density at radius 2 is 1.97 bits per heavy atom. The molecule has 1 aromatic rings. The van der Waals surface area contributed by atoms with Gasteiger partial charge in [0.1, 0.15) is 0 Å². The number of carbonyl (C=O) groups is 1. The molecule has 31 heavy (non-hydrogen) atoms. The lowest BCUT2D eigenvalue weighted by Crippen LogP contribution is -2.56. The van der Waals surface area contributed by atoms with Gasteiger partial charge in [-0.1, -0.05) is 13.8 Å². The molecule has 0 aromatic carbocycles. The van der Waals surface area contributed by atoms with Gasteiger partial charge in [0.25, 0.3) is 0 Å². The van der Waals surface area contributed by atoms with Crippen LogP contribution in [0.1, 0.15) is 74.4 Å². The molecule has 8 atom stereocenters. The number of rotatable bonds is 5. The SMILES string of the molecule is [2H]C([2H])(OC)[C@@]1(O)CC[C@@]2(C)[C@@H](CC[C@@H]3[C@@H]2CC[C@]2(C)[C@@H](C(=O)Cn4ccnc4)CC[C@@H]32)C1. The number of aliphatic hydroxyl groups is 1. The molecule has 0 aliphatic heterocycles. The second-order valence-corrected chi connectivity index (χ2v) is 11.6. The van der Waals surface area contributed by atoms with Crippen LogP contribution in [-0.2, 0) is 16.1 Å². The van der Waals surface area contributed by atoms with Crippen molar-refractivity contribution in [3.63, 3.8) is 0 Å². The topological polar surface area (TPSA) is 64.3 Å². The quantitative estimate of drug-likeness (QED) is 0.748. The van der Waals surface area contributed by atoms with Crippen LogP contribution in [0.3, 0.4) is 0 Å². The van der Waals surface area contributed by atoms with Crippen molar-refractivity contribution >= 4 is 5.78 Å². The predicted octanol–water partition coefficient (Wildman–Crippen LogP) is 4.49. The maximum atomic E-state index is 13.3. The monoisotopic (exact) mass is 430 g/mol. The average molecular weight is 431 g/mol. The highest BCUT2D eigenvalue weighted by atomic mass is 16.5. The van der Waals surface area contributed by atoms with Crippen LogP contribution in [0.4, 0.5) is 0 Å². The lowest BCUT2D eigenvalue weighted by atomic mass is 9.44. The van der Waals surface area contributed by atoms with Crippen LogP contribution >= 0.6 is 0 Å². The summed E-state index contributed by atoms with van der Waals surface area (Å²) in [5, 5.41) is 11.2. The van der Waals surface area contributed by atoms with E-state index in [2.05, 4.69) is 18.8 Å². The first kappa shape index (κ1) is 19.3. The standard InChI is InChI=1S/C26H40N2O3/c1-24-10-11-26(30,16-31-3)14-18(24)4-5-19-20-6-7-22(25(20,2)9-8-21(19)24)23(29)15-28-13-12-27-17-28/h12-13,17-22,30H,4-11,14-16H2,1-3H3/t18-,19-,20-,21-,22+,24-,25-,26+/m0/s1/i16D2. The molecule has 4 saturated carbocycles. The maximum Gasteiger partial charge on any atom is 0.156 e. The van der Waals surface area contributed by atoms with Gasteiger partial charge in [0, 0.05) is 25.4 Å². The van der Waals surface area contributed by atoms with Crippen LogP contribution in [0.25, 0.3) is 0 Å². The summed E-state index contributed by atoms with van der Waals surface area (Å²) in [6, 6.07) is 0. The second kappa shape index (κ2) is 7.69. The largest absolute Gasteiger partial charge is 0.387 e. The first-order valence-corrected chi connectivity index (χ1v) is 12.3. The number of nitrogens with zero attached hydrogens (tertiary/aromatic N) is 2. The van der Waals surface area contributed by atoms with Gasteiger partial charge >= 0.3 is 0 Å². The van der Waals surface area contributed by atoms with Crippen LogP contribution in [0.5, 0.6) is 0 Å². The molecule has 4 aliphatic rings. The zero-order valence-electron chi connectivity index (χ0n) is 21.3. The Kier molecular flexibility index (Phi) is 4.78. The van der Waals surface area contributed by atoms with Gasteiger partial charge in [0.2, 0.25) is 0 Å². The van der Waals surface area contributed by atoms with Gasteiger partial charge in [-0.2, -0.15) is 0 Å². The number of ketones is 1. The normalized spacial score (nSPS) is 48.2. The lowest BCUT2D eigenvalue weighted by molar-refractivity contribution is -0.164. The summed E-state index contributed by atoms with van der Waals surface area (Å²) >= 11 is 0. The molecule has 0 spiro atoms. The first-order valence-electron chi connectivity index (χ1n) is 13.3. The van der Waals surface area contributed by atoms with Crippen LogP contribution in [0.2, 0.25) is 0 Å². The van der Waals surface area contributed by atoms with Gasteiger partial charge in [-0.05, 0) is 92.3 Å². The molecule has 1 heterocycles. The fourth-order valence-corrected chi connectivity index (χ4v) is 8.73. The number of hydrogen-bond donors (Lipinski definition) is 1. The van der Waals surface area contributed by atoms with Crippen molar-refractivity contribution in [1.82, 2.24) is 9.55 Å². The number of hydrogen-bond acceptors (Lipinski definition) is 4. The number of imidazole rings is 1. The second-order valence-electron chi connectivity index (χ2n) is 11.6. The fourth-order valence-electron chi connectivity index (χ4n) is 8.73. The van der Waals surface area contributed by atoms with E-state index in [1.165, 1.54) is 7.11 Å². The fraction of sp³-hybridized carbons (Fsp3) is 0.846. The Hall–Kier alpha value is -1.20. The zero-order valence-corrected chi connectivity index (χ0v) is 19.3. The molecule has 0 radical (unpaired) electrons. The van der Waals surface area contributed by atoms with Crippen LogP contribution in [0, 0.1) is 40.4 Å². The lowest BCUT2D eigenvalue weighted by Gasteiger charge is -2.62. The van der Waals surface area contributed by atoms with Gasteiger partial charge in [-0.25, -0.2) is 4.98 Å². The minimum atomic E-state index is -2.01. The molecule has 1 N–H and O–H groups in total. The molecule has 0 amide bonds. The van der Waals surface area contributed by atoms with Crippen molar-refractivity contribution in [3.05, 3.63) is 18.7 Å². The van der Waals surface area contributed by atoms with Crippen LogP contribution in [0.15, 0.2) is 18.7 Å². The average Bonchev–Trinajstić information content (AvgIpc) is 3.41. The van der Waals surface area contributed by atoms with Gasteiger partial charge in [0.05, 0.1) is 27.8 Å². The molecule has 4 fully saturated rings. The summed E-state index contributed by atoms with van der Waals surface area (Å²) in [5.74, 6) is 2.67. The van der Waals surface area contributed by atoms with Gasteiger partial charge in [-0.3, -0.25) is 4.79 Å². The van der Waals surface area contributed by atoms with Crippen LogP contribution in [-0.4, -0.2) is 39.7 Å². The Morgan fingerprint density at radius 3 is 2.71 bits per heavy atom. The van der Waals surface area contributed by atoms with Crippen molar-refractivity contribution in [1.29, 1.82) is 0 Å².